The third kappa shape index (κ3) is 4.94. The molecule has 178 valence electrons. The molecule has 1 N–H and O–H groups in total. The van der Waals surface area contributed by atoms with Crippen molar-refractivity contribution in [1.82, 2.24) is 9.62 Å². The zero-order valence-corrected chi connectivity index (χ0v) is 20.0. The zero-order chi connectivity index (χ0) is 23.6. The summed E-state index contributed by atoms with van der Waals surface area (Å²) < 4.78 is 44.1. The second kappa shape index (κ2) is 9.61. The summed E-state index contributed by atoms with van der Waals surface area (Å²) in [6.45, 7) is 5.34. The van der Waals surface area contributed by atoms with Crippen molar-refractivity contribution < 1.29 is 27.4 Å². The molecule has 2 aromatic rings. The first-order valence-electron chi connectivity index (χ1n) is 11.1. The highest BCUT2D eigenvalue weighted by atomic mass is 32.2. The first-order valence-corrected chi connectivity index (χ1v) is 12.6. The van der Waals surface area contributed by atoms with E-state index in [1.807, 2.05) is 32.0 Å². The number of benzene rings is 2. The first-order chi connectivity index (χ1) is 15.8. The number of methoxy groups -OCH3 is 1. The molecule has 0 saturated carbocycles. The number of aryl methyl sites for hydroxylation is 1. The predicted octanol–water partition coefficient (Wildman–Crippen LogP) is 3.05. The Morgan fingerprint density at radius 3 is 2.48 bits per heavy atom. The van der Waals surface area contributed by atoms with Crippen LogP contribution in [0, 0.1) is 12.8 Å². The van der Waals surface area contributed by atoms with Gasteiger partial charge in [-0.3, -0.25) is 4.79 Å². The number of nitrogens with zero attached hydrogens (tertiary/aromatic N) is 1. The molecule has 1 saturated heterocycles. The topological polar surface area (TPSA) is 94.2 Å². The van der Waals surface area contributed by atoms with Crippen LogP contribution in [0.4, 0.5) is 0 Å². The molecule has 1 fully saturated rings. The maximum atomic E-state index is 13.1. The molecule has 33 heavy (non-hydrogen) atoms. The summed E-state index contributed by atoms with van der Waals surface area (Å²) in [5.74, 6) is 1.42. The average molecular weight is 475 g/mol. The average Bonchev–Trinajstić information content (AvgIpc) is 2.83. The maximum absolute atomic E-state index is 13.1. The number of carbonyl (C=O) groups excluding carboxylic acids is 1. The summed E-state index contributed by atoms with van der Waals surface area (Å²) in [5.41, 5.74) is 2.01. The molecule has 2 heterocycles. The van der Waals surface area contributed by atoms with Crippen LogP contribution in [0.2, 0.25) is 0 Å². The lowest BCUT2D eigenvalue weighted by molar-refractivity contribution is -0.126. The number of ether oxygens (including phenoxy) is 3. The van der Waals surface area contributed by atoms with Gasteiger partial charge in [0.2, 0.25) is 15.9 Å². The zero-order valence-electron chi connectivity index (χ0n) is 19.2. The lowest BCUT2D eigenvalue weighted by Gasteiger charge is -2.31. The van der Waals surface area contributed by atoms with E-state index in [9.17, 15) is 13.2 Å². The minimum absolute atomic E-state index is 0.0672. The van der Waals surface area contributed by atoms with E-state index in [2.05, 4.69) is 5.32 Å². The van der Waals surface area contributed by atoms with Crippen LogP contribution in [0.1, 0.15) is 36.9 Å². The van der Waals surface area contributed by atoms with Gasteiger partial charge in [-0.2, -0.15) is 4.31 Å². The van der Waals surface area contributed by atoms with Crippen LogP contribution in [0.25, 0.3) is 0 Å². The molecule has 2 aliphatic heterocycles. The fourth-order valence-corrected chi connectivity index (χ4v) is 5.78. The van der Waals surface area contributed by atoms with Crippen LogP contribution < -0.4 is 19.5 Å². The molecule has 4 rings (SSSR count). The van der Waals surface area contributed by atoms with Gasteiger partial charge in [0.05, 0.1) is 18.0 Å². The third-order valence-corrected chi connectivity index (χ3v) is 8.08. The lowest BCUT2D eigenvalue weighted by atomic mass is 9.96. The van der Waals surface area contributed by atoms with Crippen LogP contribution in [-0.2, 0) is 14.8 Å². The molecule has 2 aliphatic rings. The number of hydrogen-bond donors (Lipinski definition) is 1. The molecular formula is C24H30N2O6S. The minimum atomic E-state index is -3.67. The van der Waals surface area contributed by atoms with Crippen LogP contribution in [0.3, 0.4) is 0 Å². The standard InChI is InChI=1S/C24H30N2O6S/c1-16-4-6-21(30-3)20(14-16)17(2)25-24(27)18-8-10-26(11-9-18)33(28,29)19-5-7-22-23(15-19)32-13-12-31-22/h4-7,14-15,17-18H,8-13H2,1-3H3,(H,25,27). The first kappa shape index (κ1) is 23.4. The molecule has 1 amide bonds. The predicted molar refractivity (Wildman–Crippen MR) is 123 cm³/mol. The van der Waals surface area contributed by atoms with Crippen molar-refractivity contribution in [2.75, 3.05) is 33.4 Å². The van der Waals surface area contributed by atoms with Gasteiger partial charge in [0, 0.05) is 30.6 Å². The summed E-state index contributed by atoms with van der Waals surface area (Å²) in [6.07, 6.45) is 0.931. The normalized spacial score (nSPS) is 17.9. The Kier molecular flexibility index (Phi) is 6.81. The molecule has 0 spiro atoms. The molecular weight excluding hydrogens is 444 g/mol. The van der Waals surface area contributed by atoms with E-state index in [1.165, 1.54) is 10.4 Å². The van der Waals surface area contributed by atoms with Crippen molar-refractivity contribution in [2.24, 2.45) is 5.92 Å². The molecule has 0 aliphatic carbocycles. The second-order valence-corrected chi connectivity index (χ2v) is 10.4. The van der Waals surface area contributed by atoms with Gasteiger partial charge < -0.3 is 19.5 Å². The van der Waals surface area contributed by atoms with Gasteiger partial charge in [0.15, 0.2) is 11.5 Å². The number of amides is 1. The van der Waals surface area contributed by atoms with E-state index in [0.29, 0.717) is 37.6 Å². The maximum Gasteiger partial charge on any atom is 0.243 e. The van der Waals surface area contributed by atoms with Crippen LogP contribution >= 0.6 is 0 Å². The van der Waals surface area contributed by atoms with Crippen LogP contribution in [0.5, 0.6) is 17.2 Å². The summed E-state index contributed by atoms with van der Waals surface area (Å²) in [5, 5.41) is 3.07. The number of sulfonamides is 1. The minimum Gasteiger partial charge on any atom is -0.496 e. The Balaban J connectivity index is 1.38. The van der Waals surface area contributed by atoms with Gasteiger partial charge in [0.1, 0.15) is 19.0 Å². The number of piperidine rings is 1. The van der Waals surface area contributed by atoms with Crippen molar-refractivity contribution in [3.05, 3.63) is 47.5 Å². The van der Waals surface area contributed by atoms with Crippen molar-refractivity contribution >= 4 is 15.9 Å². The van der Waals surface area contributed by atoms with Gasteiger partial charge >= 0.3 is 0 Å². The highest BCUT2D eigenvalue weighted by Crippen LogP contribution is 2.34. The van der Waals surface area contributed by atoms with Gasteiger partial charge in [-0.05, 0) is 44.9 Å². The lowest BCUT2D eigenvalue weighted by Crippen LogP contribution is -2.43. The summed E-state index contributed by atoms with van der Waals surface area (Å²) in [6, 6.07) is 10.3. The molecule has 0 aromatic heterocycles. The van der Waals surface area contributed by atoms with Crippen molar-refractivity contribution in [3.8, 4) is 17.2 Å². The number of carbonyl (C=O) groups is 1. The van der Waals surface area contributed by atoms with E-state index in [1.54, 1.807) is 19.2 Å². The molecule has 1 unspecified atom stereocenters. The van der Waals surface area contributed by atoms with Crippen molar-refractivity contribution in [3.63, 3.8) is 0 Å². The Hall–Kier alpha value is -2.78. The van der Waals surface area contributed by atoms with E-state index < -0.39 is 10.0 Å². The number of fused-ring (bicyclic) bond motifs is 1. The Morgan fingerprint density at radius 1 is 1.09 bits per heavy atom. The monoisotopic (exact) mass is 474 g/mol. The van der Waals surface area contributed by atoms with Gasteiger partial charge in [-0.15, -0.1) is 0 Å². The van der Waals surface area contributed by atoms with Crippen molar-refractivity contribution in [1.29, 1.82) is 0 Å². The molecule has 1 atom stereocenters. The smallest absolute Gasteiger partial charge is 0.243 e. The summed E-state index contributed by atoms with van der Waals surface area (Å²) >= 11 is 0. The number of hydrogen-bond acceptors (Lipinski definition) is 6. The Bertz CT molecular complexity index is 1130. The van der Waals surface area contributed by atoms with E-state index in [0.717, 1.165) is 16.9 Å². The number of rotatable bonds is 6. The quantitative estimate of drug-likeness (QED) is 0.692. The van der Waals surface area contributed by atoms with E-state index >= 15 is 0 Å². The Labute approximate surface area is 194 Å². The van der Waals surface area contributed by atoms with Gasteiger partial charge in [-0.25, -0.2) is 8.42 Å². The van der Waals surface area contributed by atoms with Gasteiger partial charge in [0.25, 0.3) is 0 Å². The molecule has 9 heteroatoms. The highest BCUT2D eigenvalue weighted by molar-refractivity contribution is 7.89. The highest BCUT2D eigenvalue weighted by Gasteiger charge is 2.33. The van der Waals surface area contributed by atoms with Gasteiger partial charge in [-0.1, -0.05) is 17.7 Å². The summed E-state index contributed by atoms with van der Waals surface area (Å²) in [4.78, 5) is 13.1. The molecule has 0 bridgehead atoms. The fourth-order valence-electron chi connectivity index (χ4n) is 4.29. The molecule has 0 radical (unpaired) electrons. The van der Waals surface area contributed by atoms with E-state index in [-0.39, 0.29) is 35.9 Å². The molecule has 8 nitrogen and oxygen atoms in total. The molecule has 2 aromatic carbocycles. The van der Waals surface area contributed by atoms with Crippen molar-refractivity contribution in [2.45, 2.75) is 37.6 Å². The SMILES string of the molecule is COc1ccc(C)cc1C(C)NC(=O)C1CCN(S(=O)(=O)c2ccc3c(c2)OCCO3)CC1. The largest absolute Gasteiger partial charge is 0.496 e. The Morgan fingerprint density at radius 2 is 1.79 bits per heavy atom. The number of nitrogens with one attached hydrogen (secondary N) is 1. The second-order valence-electron chi connectivity index (χ2n) is 8.46. The van der Waals surface area contributed by atoms with Crippen LogP contribution in [0.15, 0.2) is 41.3 Å². The fraction of sp³-hybridized carbons (Fsp3) is 0.458. The van der Waals surface area contributed by atoms with Crippen LogP contribution in [-0.4, -0.2) is 52.0 Å². The summed E-state index contributed by atoms with van der Waals surface area (Å²) in [7, 11) is -2.06. The third-order valence-electron chi connectivity index (χ3n) is 6.19. The van der Waals surface area contributed by atoms with E-state index in [4.69, 9.17) is 14.2 Å².